The summed E-state index contributed by atoms with van der Waals surface area (Å²) in [5.41, 5.74) is 5.58. The van der Waals surface area contributed by atoms with Crippen molar-refractivity contribution in [2.24, 2.45) is 5.92 Å². The van der Waals surface area contributed by atoms with Crippen LogP contribution in [0.4, 0.5) is 10.1 Å². The van der Waals surface area contributed by atoms with Crippen LogP contribution in [0.15, 0.2) is 17.0 Å². The van der Waals surface area contributed by atoms with Crippen molar-refractivity contribution < 1.29 is 22.3 Å². The van der Waals surface area contributed by atoms with Gasteiger partial charge in [-0.25, -0.2) is 12.8 Å². The van der Waals surface area contributed by atoms with Crippen LogP contribution in [-0.2, 0) is 19.6 Å². The van der Waals surface area contributed by atoms with Crippen molar-refractivity contribution in [1.82, 2.24) is 4.31 Å². The Hall–Kier alpha value is -1.67. The number of halogens is 1. The Balaban J connectivity index is 2.34. The number of rotatable bonds is 3. The predicted octanol–water partition coefficient (Wildman–Crippen LogP) is 0.900. The van der Waals surface area contributed by atoms with E-state index in [1.54, 1.807) is 0 Å². The van der Waals surface area contributed by atoms with Crippen molar-refractivity contribution in [3.8, 4) is 0 Å². The van der Waals surface area contributed by atoms with Gasteiger partial charge in [-0.05, 0) is 25.5 Å². The van der Waals surface area contributed by atoms with Crippen LogP contribution in [0.25, 0.3) is 0 Å². The molecule has 0 spiro atoms. The average molecular weight is 316 g/mol. The van der Waals surface area contributed by atoms with Gasteiger partial charge in [-0.1, -0.05) is 0 Å². The molecule has 1 aromatic rings. The summed E-state index contributed by atoms with van der Waals surface area (Å²) in [4.78, 5) is 11.3. The van der Waals surface area contributed by atoms with E-state index in [1.807, 2.05) is 0 Å². The number of anilines is 1. The fraction of sp³-hybridized carbons (Fsp3) is 0.462. The van der Waals surface area contributed by atoms with Gasteiger partial charge in [0.25, 0.3) is 0 Å². The van der Waals surface area contributed by atoms with Crippen molar-refractivity contribution in [1.29, 1.82) is 0 Å². The molecule has 0 aliphatic carbocycles. The van der Waals surface area contributed by atoms with Gasteiger partial charge in [0.15, 0.2) is 0 Å². The molecular weight excluding hydrogens is 299 g/mol. The van der Waals surface area contributed by atoms with Crippen molar-refractivity contribution in [3.05, 3.63) is 23.5 Å². The molecule has 1 atom stereocenters. The maximum absolute atomic E-state index is 13.7. The molecule has 0 saturated carbocycles. The number of sulfonamides is 1. The Kier molecular flexibility index (Phi) is 4.20. The highest BCUT2D eigenvalue weighted by molar-refractivity contribution is 7.89. The highest BCUT2D eigenvalue weighted by Gasteiger charge is 2.37. The van der Waals surface area contributed by atoms with Gasteiger partial charge in [-0.2, -0.15) is 4.31 Å². The molecule has 1 saturated heterocycles. The van der Waals surface area contributed by atoms with E-state index in [1.165, 1.54) is 20.1 Å². The molecule has 116 valence electrons. The standard InChI is InChI=1S/C13H17FN2O4S/c1-8-11(14)5-10(15)6-12(8)21(18,19)16-4-3-9(7-16)13(17)20-2/h5-6,9H,3-4,7,15H2,1-2H3. The van der Waals surface area contributed by atoms with Crippen LogP contribution in [0, 0.1) is 18.7 Å². The van der Waals surface area contributed by atoms with E-state index in [0.29, 0.717) is 6.42 Å². The average Bonchev–Trinajstić information content (AvgIpc) is 2.92. The number of ether oxygens (including phenoxy) is 1. The van der Waals surface area contributed by atoms with Crippen LogP contribution in [0.3, 0.4) is 0 Å². The largest absolute Gasteiger partial charge is 0.469 e. The fourth-order valence-corrected chi connectivity index (χ4v) is 4.16. The third-order valence-corrected chi connectivity index (χ3v) is 5.61. The molecule has 0 radical (unpaired) electrons. The number of benzene rings is 1. The summed E-state index contributed by atoms with van der Waals surface area (Å²) in [6.07, 6.45) is 0.385. The summed E-state index contributed by atoms with van der Waals surface area (Å²) < 4.78 is 44.6. The normalized spacial score (nSPS) is 19.7. The number of hydrogen-bond acceptors (Lipinski definition) is 5. The lowest BCUT2D eigenvalue weighted by atomic mass is 10.1. The van der Waals surface area contributed by atoms with Gasteiger partial charge in [0.05, 0.1) is 17.9 Å². The number of nitrogens with two attached hydrogens (primary N) is 1. The molecule has 0 aromatic heterocycles. The number of carbonyl (C=O) groups excluding carboxylic acids is 1. The van der Waals surface area contributed by atoms with E-state index in [0.717, 1.165) is 10.4 Å². The molecular formula is C13H17FN2O4S. The minimum atomic E-state index is -3.88. The van der Waals surface area contributed by atoms with Crippen LogP contribution >= 0.6 is 0 Å². The summed E-state index contributed by atoms with van der Waals surface area (Å²) in [6.45, 7) is 1.61. The molecule has 0 amide bonds. The summed E-state index contributed by atoms with van der Waals surface area (Å²) in [6, 6.07) is 2.31. The Bertz CT molecular complexity index is 675. The van der Waals surface area contributed by atoms with Crippen LogP contribution in [0.2, 0.25) is 0 Å². The van der Waals surface area contributed by atoms with Crippen LogP contribution < -0.4 is 5.73 Å². The molecule has 1 fully saturated rings. The van der Waals surface area contributed by atoms with E-state index >= 15 is 0 Å². The lowest BCUT2D eigenvalue weighted by molar-refractivity contribution is -0.144. The second kappa shape index (κ2) is 5.61. The van der Waals surface area contributed by atoms with Gasteiger partial charge in [-0.15, -0.1) is 0 Å². The Morgan fingerprint density at radius 1 is 1.48 bits per heavy atom. The molecule has 1 aliphatic rings. The first-order chi connectivity index (χ1) is 9.77. The summed E-state index contributed by atoms with van der Waals surface area (Å²) in [5, 5.41) is 0. The number of hydrogen-bond donors (Lipinski definition) is 1. The lowest BCUT2D eigenvalue weighted by Crippen LogP contribution is -2.31. The zero-order valence-corrected chi connectivity index (χ0v) is 12.6. The first-order valence-corrected chi connectivity index (χ1v) is 7.85. The Morgan fingerprint density at radius 3 is 2.76 bits per heavy atom. The Labute approximate surface area is 122 Å². The first-order valence-electron chi connectivity index (χ1n) is 6.41. The van der Waals surface area contributed by atoms with E-state index < -0.39 is 27.7 Å². The first kappa shape index (κ1) is 15.7. The monoisotopic (exact) mass is 316 g/mol. The van der Waals surface area contributed by atoms with Crippen LogP contribution in [0.1, 0.15) is 12.0 Å². The van der Waals surface area contributed by atoms with Crippen molar-refractivity contribution in [3.63, 3.8) is 0 Å². The number of carbonyl (C=O) groups is 1. The molecule has 6 nitrogen and oxygen atoms in total. The van der Waals surface area contributed by atoms with E-state index in [9.17, 15) is 17.6 Å². The molecule has 0 bridgehead atoms. The summed E-state index contributed by atoms with van der Waals surface area (Å²) in [7, 11) is -2.62. The third kappa shape index (κ3) is 2.86. The van der Waals surface area contributed by atoms with Gasteiger partial charge in [0.1, 0.15) is 5.82 Å². The number of methoxy groups -OCH3 is 1. The molecule has 1 aliphatic heterocycles. The molecule has 1 heterocycles. The molecule has 1 unspecified atom stereocenters. The third-order valence-electron chi connectivity index (χ3n) is 3.62. The quantitative estimate of drug-likeness (QED) is 0.661. The van der Waals surface area contributed by atoms with Crippen molar-refractivity contribution >= 4 is 21.7 Å². The van der Waals surface area contributed by atoms with E-state index in [4.69, 9.17) is 5.73 Å². The predicted molar refractivity (Wildman–Crippen MR) is 74.4 cm³/mol. The zero-order valence-electron chi connectivity index (χ0n) is 11.8. The van der Waals surface area contributed by atoms with Gasteiger partial charge >= 0.3 is 5.97 Å². The maximum Gasteiger partial charge on any atom is 0.310 e. The van der Waals surface area contributed by atoms with Crippen molar-refractivity contribution in [2.45, 2.75) is 18.2 Å². The minimum Gasteiger partial charge on any atom is -0.469 e. The molecule has 2 N–H and O–H groups in total. The molecule has 1 aromatic carbocycles. The summed E-state index contributed by atoms with van der Waals surface area (Å²) in [5.74, 6) is -1.60. The van der Waals surface area contributed by atoms with Gasteiger partial charge in [-0.3, -0.25) is 4.79 Å². The smallest absolute Gasteiger partial charge is 0.310 e. The zero-order chi connectivity index (χ0) is 15.8. The van der Waals surface area contributed by atoms with Crippen LogP contribution in [0.5, 0.6) is 0 Å². The maximum atomic E-state index is 13.7. The molecule has 21 heavy (non-hydrogen) atoms. The second-order valence-electron chi connectivity index (χ2n) is 5.00. The minimum absolute atomic E-state index is 0.0192. The highest BCUT2D eigenvalue weighted by Crippen LogP contribution is 2.29. The number of esters is 1. The van der Waals surface area contributed by atoms with Crippen molar-refractivity contribution in [2.75, 3.05) is 25.9 Å². The second-order valence-corrected chi connectivity index (χ2v) is 6.90. The number of nitrogens with zero attached hydrogens (tertiary/aromatic N) is 1. The van der Waals surface area contributed by atoms with Gasteiger partial charge in [0.2, 0.25) is 10.0 Å². The Morgan fingerprint density at radius 2 is 2.14 bits per heavy atom. The van der Waals surface area contributed by atoms with Crippen LogP contribution in [-0.4, -0.2) is 38.9 Å². The summed E-state index contributed by atoms with van der Waals surface area (Å²) >= 11 is 0. The topological polar surface area (TPSA) is 89.7 Å². The fourth-order valence-electron chi connectivity index (χ4n) is 2.39. The van der Waals surface area contributed by atoms with E-state index in [-0.39, 0.29) is 29.2 Å². The van der Waals surface area contributed by atoms with Gasteiger partial charge in [0, 0.05) is 24.3 Å². The van der Waals surface area contributed by atoms with E-state index in [2.05, 4.69) is 4.74 Å². The van der Waals surface area contributed by atoms with Gasteiger partial charge < -0.3 is 10.5 Å². The molecule has 8 heteroatoms. The number of nitrogen functional groups attached to an aromatic ring is 1. The highest BCUT2D eigenvalue weighted by atomic mass is 32.2. The SMILES string of the molecule is COC(=O)C1CCN(S(=O)(=O)c2cc(N)cc(F)c2C)C1. The molecule has 2 rings (SSSR count). The lowest BCUT2D eigenvalue weighted by Gasteiger charge is -2.18.